The number of benzene rings is 1. The van der Waals surface area contributed by atoms with Gasteiger partial charge in [0.15, 0.2) is 0 Å². The fourth-order valence-electron chi connectivity index (χ4n) is 2.28. The second-order valence-electron chi connectivity index (χ2n) is 4.78. The number of anilines is 1. The molecule has 5 heteroatoms. The van der Waals surface area contributed by atoms with Gasteiger partial charge in [0.05, 0.1) is 0 Å². The van der Waals surface area contributed by atoms with E-state index in [1.807, 2.05) is 6.92 Å². The van der Waals surface area contributed by atoms with Gasteiger partial charge < -0.3 is 16.0 Å². The summed E-state index contributed by atoms with van der Waals surface area (Å²) >= 11 is 0. The van der Waals surface area contributed by atoms with Crippen molar-refractivity contribution in [3.05, 3.63) is 29.8 Å². The van der Waals surface area contributed by atoms with Gasteiger partial charge in [-0.2, -0.15) is 0 Å². The first kappa shape index (κ1) is 13.4. The molecule has 0 spiro atoms. The van der Waals surface area contributed by atoms with E-state index in [1.165, 1.54) is 0 Å². The summed E-state index contributed by atoms with van der Waals surface area (Å²) in [7, 11) is 0. The molecule has 1 fully saturated rings. The van der Waals surface area contributed by atoms with Gasteiger partial charge in [-0.1, -0.05) is 13.0 Å². The van der Waals surface area contributed by atoms with Crippen LogP contribution in [0.3, 0.4) is 0 Å². The first-order valence-corrected chi connectivity index (χ1v) is 6.54. The third-order valence-electron chi connectivity index (χ3n) is 3.33. The number of nitrogens with one attached hydrogen (secondary N) is 1. The number of rotatable bonds is 3. The van der Waals surface area contributed by atoms with Crippen molar-refractivity contribution in [2.75, 3.05) is 18.8 Å². The number of nitrogens with zero attached hydrogens (tertiary/aromatic N) is 1. The number of likely N-dealkylation sites (tertiary alicyclic amines) is 1. The Kier molecular flexibility index (Phi) is 4.04. The van der Waals surface area contributed by atoms with Crippen LogP contribution in [0.2, 0.25) is 0 Å². The van der Waals surface area contributed by atoms with Crippen LogP contribution in [0, 0.1) is 0 Å². The molecular weight excluding hydrogens is 242 g/mol. The smallest absolute Gasteiger partial charge is 0.251 e. The van der Waals surface area contributed by atoms with Gasteiger partial charge in [-0.25, -0.2) is 0 Å². The first-order valence-electron chi connectivity index (χ1n) is 6.54. The maximum absolute atomic E-state index is 12.0. The van der Waals surface area contributed by atoms with Crippen molar-refractivity contribution in [2.45, 2.75) is 25.8 Å². The van der Waals surface area contributed by atoms with Crippen LogP contribution in [0.25, 0.3) is 0 Å². The van der Waals surface area contributed by atoms with Crippen LogP contribution in [0.15, 0.2) is 24.3 Å². The molecule has 0 saturated carbocycles. The summed E-state index contributed by atoms with van der Waals surface area (Å²) in [5.74, 6) is 0.00352. The van der Waals surface area contributed by atoms with Crippen LogP contribution >= 0.6 is 0 Å². The Labute approximate surface area is 112 Å². The molecule has 1 aliphatic rings. The van der Waals surface area contributed by atoms with Gasteiger partial charge in [-0.3, -0.25) is 9.59 Å². The van der Waals surface area contributed by atoms with Crippen LogP contribution in [-0.4, -0.2) is 35.8 Å². The van der Waals surface area contributed by atoms with Crippen molar-refractivity contribution in [1.29, 1.82) is 0 Å². The number of nitrogens with two attached hydrogens (primary N) is 1. The average molecular weight is 261 g/mol. The monoisotopic (exact) mass is 261 g/mol. The Bertz CT molecular complexity index is 487. The lowest BCUT2D eigenvalue weighted by Gasteiger charge is -2.16. The number of hydrogen-bond acceptors (Lipinski definition) is 3. The van der Waals surface area contributed by atoms with Crippen molar-refractivity contribution in [3.8, 4) is 0 Å². The van der Waals surface area contributed by atoms with Crippen molar-refractivity contribution in [2.24, 2.45) is 0 Å². The van der Waals surface area contributed by atoms with Crippen molar-refractivity contribution in [1.82, 2.24) is 10.2 Å². The van der Waals surface area contributed by atoms with Gasteiger partial charge in [0.2, 0.25) is 5.91 Å². The van der Waals surface area contributed by atoms with Gasteiger partial charge in [-0.15, -0.1) is 0 Å². The second-order valence-corrected chi connectivity index (χ2v) is 4.78. The van der Waals surface area contributed by atoms with Crippen molar-refractivity contribution in [3.63, 3.8) is 0 Å². The third-order valence-corrected chi connectivity index (χ3v) is 3.33. The molecule has 1 aromatic rings. The Balaban J connectivity index is 1.92. The minimum Gasteiger partial charge on any atom is -0.399 e. The third kappa shape index (κ3) is 3.24. The Morgan fingerprint density at radius 1 is 1.47 bits per heavy atom. The molecule has 3 N–H and O–H groups in total. The maximum atomic E-state index is 12.0. The highest BCUT2D eigenvalue weighted by molar-refractivity contribution is 5.95. The summed E-state index contributed by atoms with van der Waals surface area (Å²) in [5, 5.41) is 2.94. The fourth-order valence-corrected chi connectivity index (χ4v) is 2.28. The SMILES string of the molecule is CCC(=O)N1CCC(NC(=O)c2cccc(N)c2)C1. The van der Waals surface area contributed by atoms with Crippen molar-refractivity contribution >= 4 is 17.5 Å². The normalized spacial score (nSPS) is 18.4. The van der Waals surface area contributed by atoms with E-state index in [0.717, 1.165) is 6.42 Å². The van der Waals surface area contributed by atoms with Gasteiger partial charge in [0.25, 0.3) is 5.91 Å². The molecule has 1 unspecified atom stereocenters. The number of carbonyl (C=O) groups is 2. The predicted molar refractivity (Wildman–Crippen MR) is 73.6 cm³/mol. The highest BCUT2D eigenvalue weighted by Crippen LogP contribution is 2.12. The number of nitrogen functional groups attached to an aromatic ring is 1. The molecule has 0 aliphatic carbocycles. The summed E-state index contributed by atoms with van der Waals surface area (Å²) in [4.78, 5) is 25.4. The van der Waals surface area contributed by atoms with Gasteiger partial charge in [0, 0.05) is 36.8 Å². The molecule has 0 aromatic heterocycles. The van der Waals surface area contributed by atoms with Crippen LogP contribution in [0.4, 0.5) is 5.69 Å². The molecule has 1 atom stereocenters. The molecule has 1 aliphatic heterocycles. The lowest BCUT2D eigenvalue weighted by atomic mass is 10.1. The minimum absolute atomic E-state index is 0.0319. The van der Waals surface area contributed by atoms with Crippen LogP contribution in [0.5, 0.6) is 0 Å². The summed E-state index contributed by atoms with van der Waals surface area (Å²) in [5.41, 5.74) is 6.78. The molecular formula is C14H19N3O2. The quantitative estimate of drug-likeness (QED) is 0.797. The first-order chi connectivity index (χ1) is 9.10. The number of amides is 2. The van der Waals surface area contributed by atoms with Crippen LogP contribution in [0.1, 0.15) is 30.1 Å². The topological polar surface area (TPSA) is 75.4 Å². The Morgan fingerprint density at radius 2 is 2.26 bits per heavy atom. The van der Waals surface area contributed by atoms with E-state index < -0.39 is 0 Å². The molecule has 1 aromatic carbocycles. The summed E-state index contributed by atoms with van der Waals surface area (Å²) in [6, 6.07) is 6.92. The summed E-state index contributed by atoms with van der Waals surface area (Å²) < 4.78 is 0. The zero-order valence-electron chi connectivity index (χ0n) is 11.1. The van der Waals surface area contributed by atoms with Crippen LogP contribution in [-0.2, 0) is 4.79 Å². The Morgan fingerprint density at radius 3 is 2.95 bits per heavy atom. The molecule has 1 heterocycles. The molecule has 1 saturated heterocycles. The standard InChI is InChI=1S/C14H19N3O2/c1-2-13(18)17-7-6-12(9-17)16-14(19)10-4-3-5-11(15)8-10/h3-5,8,12H,2,6-7,9,15H2,1H3,(H,16,19). The van der Waals surface area contributed by atoms with E-state index in [1.54, 1.807) is 29.2 Å². The van der Waals surface area contributed by atoms with Gasteiger partial charge >= 0.3 is 0 Å². The van der Waals surface area contributed by atoms with Gasteiger partial charge in [0.1, 0.15) is 0 Å². The second kappa shape index (κ2) is 5.73. The van der Waals surface area contributed by atoms with Crippen molar-refractivity contribution < 1.29 is 9.59 Å². The molecule has 102 valence electrons. The fraction of sp³-hybridized carbons (Fsp3) is 0.429. The molecule has 19 heavy (non-hydrogen) atoms. The van der Waals surface area contributed by atoms with Gasteiger partial charge in [-0.05, 0) is 24.6 Å². The summed E-state index contributed by atoms with van der Waals surface area (Å²) in [6.45, 7) is 3.16. The largest absolute Gasteiger partial charge is 0.399 e. The average Bonchev–Trinajstić information content (AvgIpc) is 2.86. The molecule has 0 radical (unpaired) electrons. The molecule has 2 rings (SSSR count). The summed E-state index contributed by atoms with van der Waals surface area (Å²) in [6.07, 6.45) is 1.32. The van der Waals surface area contributed by atoms with E-state index in [0.29, 0.717) is 30.8 Å². The maximum Gasteiger partial charge on any atom is 0.251 e. The number of carbonyl (C=O) groups excluding carboxylic acids is 2. The minimum atomic E-state index is -0.136. The molecule has 0 bridgehead atoms. The number of hydrogen-bond donors (Lipinski definition) is 2. The molecule has 5 nitrogen and oxygen atoms in total. The van der Waals surface area contributed by atoms with E-state index in [-0.39, 0.29) is 17.9 Å². The highest BCUT2D eigenvalue weighted by Gasteiger charge is 2.26. The van der Waals surface area contributed by atoms with Crippen LogP contribution < -0.4 is 11.1 Å². The highest BCUT2D eigenvalue weighted by atomic mass is 16.2. The zero-order chi connectivity index (χ0) is 13.8. The predicted octanol–water partition coefficient (Wildman–Crippen LogP) is 1.01. The molecule has 2 amide bonds. The van der Waals surface area contributed by atoms with E-state index in [9.17, 15) is 9.59 Å². The lowest BCUT2D eigenvalue weighted by molar-refractivity contribution is -0.129. The Hall–Kier alpha value is -2.04. The van der Waals surface area contributed by atoms with E-state index in [2.05, 4.69) is 5.32 Å². The van der Waals surface area contributed by atoms with E-state index >= 15 is 0 Å². The lowest BCUT2D eigenvalue weighted by Crippen LogP contribution is -2.38. The van der Waals surface area contributed by atoms with E-state index in [4.69, 9.17) is 5.73 Å². The zero-order valence-corrected chi connectivity index (χ0v) is 11.1.